The van der Waals surface area contributed by atoms with E-state index in [1.807, 2.05) is 49.4 Å². The highest BCUT2D eigenvalue weighted by molar-refractivity contribution is 6.31. The molecule has 20 heavy (non-hydrogen) atoms. The molecule has 2 aromatic carbocycles. The minimum atomic E-state index is -0.207. The van der Waals surface area contributed by atoms with Crippen LogP contribution in [0.1, 0.15) is 22.4 Å². The summed E-state index contributed by atoms with van der Waals surface area (Å²) in [4.78, 5) is 4.43. The lowest BCUT2D eigenvalue weighted by Gasteiger charge is -2.09. The zero-order chi connectivity index (χ0) is 14.1. The normalized spacial score (nSPS) is 12.8. The first-order chi connectivity index (χ1) is 9.63. The van der Waals surface area contributed by atoms with E-state index < -0.39 is 0 Å². The van der Waals surface area contributed by atoms with E-state index in [-0.39, 0.29) is 5.38 Å². The zero-order valence-electron chi connectivity index (χ0n) is 10.9. The van der Waals surface area contributed by atoms with Crippen LogP contribution in [0, 0.1) is 6.92 Å². The van der Waals surface area contributed by atoms with Gasteiger partial charge in [-0.3, -0.25) is 0 Å². The summed E-state index contributed by atoms with van der Waals surface area (Å²) in [5, 5.41) is 0.520. The lowest BCUT2D eigenvalue weighted by Crippen LogP contribution is -1.96. The van der Waals surface area contributed by atoms with Crippen molar-refractivity contribution in [1.29, 1.82) is 0 Å². The summed E-state index contributed by atoms with van der Waals surface area (Å²) in [5.74, 6) is 0.642. The molecule has 1 heterocycles. The zero-order valence-corrected chi connectivity index (χ0v) is 12.4. The third kappa shape index (κ3) is 2.67. The van der Waals surface area contributed by atoms with E-state index in [1.165, 1.54) is 0 Å². The van der Waals surface area contributed by atoms with Gasteiger partial charge >= 0.3 is 0 Å². The third-order valence-corrected chi connectivity index (χ3v) is 4.06. The van der Waals surface area contributed by atoms with Crippen LogP contribution in [0.15, 0.2) is 46.9 Å². The molecule has 0 aliphatic carbocycles. The van der Waals surface area contributed by atoms with Crippen molar-refractivity contribution < 1.29 is 4.42 Å². The van der Waals surface area contributed by atoms with E-state index in [1.54, 1.807) is 0 Å². The Kier molecular flexibility index (Phi) is 3.68. The Morgan fingerprint density at radius 2 is 2.00 bits per heavy atom. The van der Waals surface area contributed by atoms with Gasteiger partial charge in [0.1, 0.15) is 5.52 Å². The van der Waals surface area contributed by atoms with Crippen LogP contribution in [-0.2, 0) is 6.42 Å². The first kappa shape index (κ1) is 13.5. The molecule has 0 aliphatic heterocycles. The fraction of sp³-hybridized carbons (Fsp3) is 0.188. The molecule has 102 valence electrons. The van der Waals surface area contributed by atoms with Crippen molar-refractivity contribution in [3.05, 3.63) is 64.5 Å². The number of para-hydroxylation sites is 2. The lowest BCUT2D eigenvalue weighted by molar-refractivity contribution is 0.525. The summed E-state index contributed by atoms with van der Waals surface area (Å²) in [6.45, 7) is 1.97. The Morgan fingerprint density at radius 1 is 1.20 bits per heavy atom. The van der Waals surface area contributed by atoms with Gasteiger partial charge < -0.3 is 4.42 Å². The number of hydrogen-bond acceptors (Lipinski definition) is 2. The van der Waals surface area contributed by atoms with Crippen LogP contribution in [0.3, 0.4) is 0 Å². The van der Waals surface area contributed by atoms with Gasteiger partial charge in [0.25, 0.3) is 0 Å². The molecule has 0 bridgehead atoms. The molecule has 3 rings (SSSR count). The van der Waals surface area contributed by atoms with Gasteiger partial charge in [0.05, 0.1) is 5.38 Å². The number of fused-ring (bicyclic) bond motifs is 1. The van der Waals surface area contributed by atoms with Crippen molar-refractivity contribution in [2.24, 2.45) is 0 Å². The molecular formula is C16H13Cl2NO. The number of aryl methyl sites for hydroxylation is 1. The molecule has 0 aliphatic rings. The van der Waals surface area contributed by atoms with E-state index in [2.05, 4.69) is 4.98 Å². The Balaban J connectivity index is 1.84. The summed E-state index contributed by atoms with van der Waals surface area (Å²) in [6, 6.07) is 13.5. The summed E-state index contributed by atoms with van der Waals surface area (Å²) < 4.78 is 5.69. The molecule has 1 unspecified atom stereocenters. The topological polar surface area (TPSA) is 26.0 Å². The van der Waals surface area contributed by atoms with Gasteiger partial charge in [0.15, 0.2) is 11.5 Å². The largest absolute Gasteiger partial charge is 0.441 e. The van der Waals surface area contributed by atoms with Crippen LogP contribution in [0.25, 0.3) is 11.1 Å². The van der Waals surface area contributed by atoms with Gasteiger partial charge in [-0.2, -0.15) is 0 Å². The second-order valence-corrected chi connectivity index (χ2v) is 5.69. The number of aromatic nitrogens is 1. The Labute approximate surface area is 127 Å². The Hall–Kier alpha value is -1.51. The van der Waals surface area contributed by atoms with Crippen LogP contribution in [0.5, 0.6) is 0 Å². The first-order valence-corrected chi connectivity index (χ1v) is 7.19. The highest BCUT2D eigenvalue weighted by Gasteiger charge is 2.14. The number of rotatable bonds is 3. The van der Waals surface area contributed by atoms with E-state index >= 15 is 0 Å². The Bertz CT molecular complexity index is 718. The van der Waals surface area contributed by atoms with Gasteiger partial charge in [-0.05, 0) is 36.2 Å². The molecule has 1 atom stereocenters. The van der Waals surface area contributed by atoms with Crippen LogP contribution >= 0.6 is 23.2 Å². The van der Waals surface area contributed by atoms with Crippen molar-refractivity contribution in [3.8, 4) is 0 Å². The smallest absolute Gasteiger partial charge is 0.197 e. The molecule has 0 radical (unpaired) electrons. The molecule has 0 N–H and O–H groups in total. The fourth-order valence-electron chi connectivity index (χ4n) is 2.08. The number of benzene rings is 2. The van der Waals surface area contributed by atoms with Gasteiger partial charge in [-0.1, -0.05) is 35.9 Å². The molecule has 3 aromatic rings. The maximum atomic E-state index is 6.43. The highest BCUT2D eigenvalue weighted by atomic mass is 35.5. The van der Waals surface area contributed by atoms with Crippen LogP contribution in [0.4, 0.5) is 0 Å². The standard InChI is InChI=1S/C16H13Cl2NO/c1-10-6-7-11(8-12(10)17)13(18)9-16-19-14-4-2-3-5-15(14)20-16/h2-8,13H,9H2,1H3. The van der Waals surface area contributed by atoms with Gasteiger partial charge in [0, 0.05) is 11.4 Å². The average Bonchev–Trinajstić information content (AvgIpc) is 2.83. The number of nitrogens with zero attached hydrogens (tertiary/aromatic N) is 1. The molecule has 4 heteroatoms. The van der Waals surface area contributed by atoms with E-state index in [0.717, 1.165) is 27.2 Å². The number of hydrogen-bond donors (Lipinski definition) is 0. The van der Waals surface area contributed by atoms with Crippen molar-refractivity contribution in [1.82, 2.24) is 4.98 Å². The summed E-state index contributed by atoms with van der Waals surface area (Å²) >= 11 is 12.6. The van der Waals surface area contributed by atoms with E-state index in [4.69, 9.17) is 27.6 Å². The average molecular weight is 306 g/mol. The van der Waals surface area contributed by atoms with Crippen molar-refractivity contribution >= 4 is 34.3 Å². The van der Waals surface area contributed by atoms with Crippen LogP contribution in [0.2, 0.25) is 5.02 Å². The van der Waals surface area contributed by atoms with Crippen LogP contribution < -0.4 is 0 Å². The SMILES string of the molecule is Cc1ccc(C(Cl)Cc2nc3ccccc3o2)cc1Cl. The van der Waals surface area contributed by atoms with Gasteiger partial charge in [-0.25, -0.2) is 4.98 Å². The van der Waals surface area contributed by atoms with Crippen LogP contribution in [-0.4, -0.2) is 4.98 Å². The molecule has 2 nitrogen and oxygen atoms in total. The predicted octanol–water partition coefficient (Wildman–Crippen LogP) is 5.31. The van der Waals surface area contributed by atoms with Crippen molar-refractivity contribution in [3.63, 3.8) is 0 Å². The molecular weight excluding hydrogens is 293 g/mol. The molecule has 0 saturated heterocycles. The minimum Gasteiger partial charge on any atom is -0.441 e. The number of oxazole rings is 1. The molecule has 0 saturated carbocycles. The monoisotopic (exact) mass is 305 g/mol. The second-order valence-electron chi connectivity index (χ2n) is 4.76. The maximum absolute atomic E-state index is 6.43. The van der Waals surface area contributed by atoms with Gasteiger partial charge in [0.2, 0.25) is 0 Å². The third-order valence-electron chi connectivity index (χ3n) is 3.25. The van der Waals surface area contributed by atoms with E-state index in [0.29, 0.717) is 12.3 Å². The number of halogens is 2. The number of alkyl halides is 1. The van der Waals surface area contributed by atoms with E-state index in [9.17, 15) is 0 Å². The lowest BCUT2D eigenvalue weighted by atomic mass is 10.1. The predicted molar refractivity (Wildman–Crippen MR) is 82.5 cm³/mol. The summed E-state index contributed by atoms with van der Waals surface area (Å²) in [6.07, 6.45) is 0.537. The second kappa shape index (κ2) is 5.47. The summed E-state index contributed by atoms with van der Waals surface area (Å²) in [7, 11) is 0. The highest BCUT2D eigenvalue weighted by Crippen LogP contribution is 2.29. The minimum absolute atomic E-state index is 0.207. The molecule has 0 fully saturated rings. The quantitative estimate of drug-likeness (QED) is 0.613. The Morgan fingerprint density at radius 3 is 2.75 bits per heavy atom. The summed E-state index contributed by atoms with van der Waals surface area (Å²) in [5.41, 5.74) is 3.66. The fourth-order valence-corrected chi connectivity index (χ4v) is 2.54. The molecule has 1 aromatic heterocycles. The van der Waals surface area contributed by atoms with Crippen molar-refractivity contribution in [2.45, 2.75) is 18.7 Å². The molecule has 0 spiro atoms. The van der Waals surface area contributed by atoms with Gasteiger partial charge in [-0.15, -0.1) is 11.6 Å². The first-order valence-electron chi connectivity index (χ1n) is 6.38. The maximum Gasteiger partial charge on any atom is 0.197 e. The van der Waals surface area contributed by atoms with Crippen molar-refractivity contribution in [2.75, 3.05) is 0 Å². The molecule has 0 amide bonds.